The lowest BCUT2D eigenvalue weighted by Gasteiger charge is -2.38. The number of amides is 1. The van der Waals surface area contributed by atoms with Crippen molar-refractivity contribution in [3.63, 3.8) is 0 Å². The van der Waals surface area contributed by atoms with Gasteiger partial charge in [-0.1, -0.05) is 37.3 Å². The molecule has 4 heteroatoms. The van der Waals surface area contributed by atoms with Gasteiger partial charge in [-0.2, -0.15) is 0 Å². The molecule has 1 saturated carbocycles. The third-order valence-electron chi connectivity index (χ3n) is 4.35. The van der Waals surface area contributed by atoms with Crippen LogP contribution in [-0.2, 0) is 11.3 Å². The van der Waals surface area contributed by atoms with E-state index in [4.69, 9.17) is 5.73 Å². The molecule has 1 aromatic rings. The molecule has 1 amide bonds. The average molecular weight is 290 g/mol. The lowest BCUT2D eigenvalue weighted by atomic mass is 9.79. The smallest absolute Gasteiger partial charge is 0.231 e. The molecule has 116 valence electrons. The molecule has 4 nitrogen and oxygen atoms in total. The van der Waals surface area contributed by atoms with Gasteiger partial charge in [-0.3, -0.25) is 9.69 Å². The van der Waals surface area contributed by atoms with E-state index in [1.165, 1.54) is 0 Å². The number of aliphatic hydroxyl groups is 1. The molecule has 0 aliphatic heterocycles. The zero-order valence-corrected chi connectivity index (χ0v) is 12.8. The second-order valence-corrected chi connectivity index (χ2v) is 6.50. The first-order chi connectivity index (χ1) is 9.97. The molecule has 0 aromatic heterocycles. The standard InChI is InChI=1S/C17H26N2O2/c1-14-7-9-17(21,10-8-14)13-19(12-16(18)20)11-15-5-3-2-4-6-15/h2-6,14,21H,7-13H2,1H3,(H2,18,20). The van der Waals surface area contributed by atoms with E-state index >= 15 is 0 Å². The van der Waals surface area contributed by atoms with Crippen LogP contribution >= 0.6 is 0 Å². The summed E-state index contributed by atoms with van der Waals surface area (Å²) in [5.74, 6) is 0.336. The van der Waals surface area contributed by atoms with Crippen molar-refractivity contribution in [1.29, 1.82) is 0 Å². The minimum atomic E-state index is -0.684. The number of carbonyl (C=O) groups is 1. The van der Waals surface area contributed by atoms with E-state index in [1.54, 1.807) is 0 Å². The van der Waals surface area contributed by atoms with Crippen LogP contribution in [0.4, 0.5) is 0 Å². The number of nitrogens with zero attached hydrogens (tertiary/aromatic N) is 1. The summed E-state index contributed by atoms with van der Waals surface area (Å²) in [4.78, 5) is 13.3. The van der Waals surface area contributed by atoms with Gasteiger partial charge in [-0.15, -0.1) is 0 Å². The van der Waals surface area contributed by atoms with Crippen LogP contribution in [0.25, 0.3) is 0 Å². The molecule has 0 radical (unpaired) electrons. The Hall–Kier alpha value is -1.39. The Bertz CT molecular complexity index is 453. The maximum Gasteiger partial charge on any atom is 0.231 e. The van der Waals surface area contributed by atoms with E-state index < -0.39 is 5.60 Å². The zero-order valence-electron chi connectivity index (χ0n) is 12.8. The van der Waals surface area contributed by atoms with Gasteiger partial charge in [0.05, 0.1) is 12.1 Å². The van der Waals surface area contributed by atoms with Crippen molar-refractivity contribution < 1.29 is 9.90 Å². The number of hydrogen-bond acceptors (Lipinski definition) is 3. The summed E-state index contributed by atoms with van der Waals surface area (Å²) in [5, 5.41) is 10.8. The molecule has 0 heterocycles. The van der Waals surface area contributed by atoms with Crippen LogP contribution in [0, 0.1) is 5.92 Å². The fourth-order valence-electron chi connectivity index (χ4n) is 3.10. The maximum absolute atomic E-state index is 11.3. The highest BCUT2D eigenvalue weighted by molar-refractivity contribution is 5.75. The van der Waals surface area contributed by atoms with Crippen LogP contribution in [0.15, 0.2) is 30.3 Å². The lowest BCUT2D eigenvalue weighted by Crippen LogP contribution is -2.47. The minimum absolute atomic E-state index is 0.187. The molecule has 0 unspecified atom stereocenters. The van der Waals surface area contributed by atoms with E-state index in [1.807, 2.05) is 35.2 Å². The number of primary amides is 1. The van der Waals surface area contributed by atoms with Gasteiger partial charge in [0.15, 0.2) is 0 Å². The quantitative estimate of drug-likeness (QED) is 0.841. The molecule has 0 saturated heterocycles. The topological polar surface area (TPSA) is 66.6 Å². The van der Waals surface area contributed by atoms with Gasteiger partial charge in [0.1, 0.15) is 0 Å². The van der Waals surface area contributed by atoms with Crippen LogP contribution < -0.4 is 5.73 Å². The maximum atomic E-state index is 11.3. The van der Waals surface area contributed by atoms with E-state index in [0.717, 1.165) is 31.2 Å². The van der Waals surface area contributed by atoms with Crippen molar-refractivity contribution in [3.8, 4) is 0 Å². The first-order valence-electron chi connectivity index (χ1n) is 7.74. The van der Waals surface area contributed by atoms with Crippen molar-refractivity contribution >= 4 is 5.91 Å². The predicted molar refractivity (Wildman–Crippen MR) is 83.5 cm³/mol. The summed E-state index contributed by atoms with van der Waals surface area (Å²) in [5.41, 5.74) is 5.80. The summed E-state index contributed by atoms with van der Waals surface area (Å²) in [6.07, 6.45) is 3.70. The molecule has 1 fully saturated rings. The van der Waals surface area contributed by atoms with Crippen LogP contribution in [-0.4, -0.2) is 34.6 Å². The van der Waals surface area contributed by atoms with Gasteiger partial charge >= 0.3 is 0 Å². The Morgan fingerprint density at radius 2 is 1.95 bits per heavy atom. The van der Waals surface area contributed by atoms with Gasteiger partial charge < -0.3 is 10.8 Å². The molecule has 0 spiro atoms. The summed E-state index contributed by atoms with van der Waals surface area (Å²) in [6, 6.07) is 9.99. The minimum Gasteiger partial charge on any atom is -0.389 e. The van der Waals surface area contributed by atoms with Gasteiger partial charge in [-0.25, -0.2) is 0 Å². The van der Waals surface area contributed by atoms with E-state index in [2.05, 4.69) is 6.92 Å². The fourth-order valence-corrected chi connectivity index (χ4v) is 3.10. The van der Waals surface area contributed by atoms with E-state index in [-0.39, 0.29) is 12.5 Å². The molecular formula is C17H26N2O2. The van der Waals surface area contributed by atoms with Crippen molar-refractivity contribution in [2.45, 2.75) is 44.8 Å². The molecule has 1 aromatic carbocycles. The summed E-state index contributed by atoms with van der Waals surface area (Å²) in [6.45, 7) is 3.57. The first kappa shape index (κ1) is 16.0. The molecular weight excluding hydrogens is 264 g/mol. The van der Waals surface area contributed by atoms with Crippen molar-refractivity contribution in [3.05, 3.63) is 35.9 Å². The van der Waals surface area contributed by atoms with Crippen LogP contribution in [0.1, 0.15) is 38.2 Å². The largest absolute Gasteiger partial charge is 0.389 e. The predicted octanol–water partition coefficient (Wildman–Crippen LogP) is 1.92. The average Bonchev–Trinajstić information content (AvgIpc) is 2.43. The molecule has 21 heavy (non-hydrogen) atoms. The molecule has 3 N–H and O–H groups in total. The first-order valence-corrected chi connectivity index (χ1v) is 7.74. The van der Waals surface area contributed by atoms with Gasteiger partial charge in [0.25, 0.3) is 0 Å². The monoisotopic (exact) mass is 290 g/mol. The number of rotatable bonds is 6. The Labute approximate surface area is 126 Å². The third kappa shape index (κ3) is 5.14. The van der Waals surface area contributed by atoms with E-state index in [0.29, 0.717) is 19.0 Å². The Morgan fingerprint density at radius 1 is 1.33 bits per heavy atom. The van der Waals surface area contributed by atoms with Gasteiger partial charge in [0, 0.05) is 13.1 Å². The van der Waals surface area contributed by atoms with Gasteiger partial charge in [0.2, 0.25) is 5.91 Å². The summed E-state index contributed by atoms with van der Waals surface area (Å²) < 4.78 is 0. The highest BCUT2D eigenvalue weighted by Crippen LogP contribution is 2.32. The number of carbonyl (C=O) groups excluding carboxylic acids is 1. The lowest BCUT2D eigenvalue weighted by molar-refractivity contribution is -0.120. The number of hydrogen-bond donors (Lipinski definition) is 2. The molecule has 0 atom stereocenters. The molecule has 2 rings (SSSR count). The van der Waals surface area contributed by atoms with E-state index in [9.17, 15) is 9.90 Å². The Morgan fingerprint density at radius 3 is 2.52 bits per heavy atom. The van der Waals surface area contributed by atoms with Gasteiger partial charge in [-0.05, 0) is 37.2 Å². The summed E-state index contributed by atoms with van der Waals surface area (Å²) >= 11 is 0. The number of nitrogens with two attached hydrogens (primary N) is 1. The number of benzene rings is 1. The highest BCUT2D eigenvalue weighted by atomic mass is 16.3. The summed E-state index contributed by atoms with van der Waals surface area (Å²) in [7, 11) is 0. The van der Waals surface area contributed by atoms with Crippen molar-refractivity contribution in [2.75, 3.05) is 13.1 Å². The third-order valence-corrected chi connectivity index (χ3v) is 4.35. The second kappa shape index (κ2) is 7.05. The Balaban J connectivity index is 2.00. The van der Waals surface area contributed by atoms with Crippen LogP contribution in [0.5, 0.6) is 0 Å². The molecule has 0 bridgehead atoms. The molecule has 1 aliphatic carbocycles. The highest BCUT2D eigenvalue weighted by Gasteiger charge is 2.33. The molecule has 1 aliphatic rings. The Kier molecular flexibility index (Phi) is 5.37. The second-order valence-electron chi connectivity index (χ2n) is 6.50. The van der Waals surface area contributed by atoms with Crippen LogP contribution in [0.3, 0.4) is 0 Å². The fraction of sp³-hybridized carbons (Fsp3) is 0.588. The SMILES string of the molecule is CC1CCC(O)(CN(CC(N)=O)Cc2ccccc2)CC1. The van der Waals surface area contributed by atoms with Crippen molar-refractivity contribution in [1.82, 2.24) is 4.90 Å². The van der Waals surface area contributed by atoms with Crippen molar-refractivity contribution in [2.24, 2.45) is 11.7 Å². The zero-order chi connectivity index (χ0) is 15.3. The normalized spacial score (nSPS) is 26.0. The van der Waals surface area contributed by atoms with Crippen LogP contribution in [0.2, 0.25) is 0 Å².